The third-order valence-electron chi connectivity index (χ3n) is 2.05. The molecule has 0 saturated carbocycles. The van der Waals surface area contributed by atoms with Gasteiger partial charge in [-0.25, -0.2) is 0 Å². The zero-order valence-corrected chi connectivity index (χ0v) is 9.28. The summed E-state index contributed by atoms with van der Waals surface area (Å²) < 4.78 is 4.94. The van der Waals surface area contributed by atoms with Crippen LogP contribution in [-0.2, 0) is 11.2 Å². The van der Waals surface area contributed by atoms with E-state index in [0.29, 0.717) is 22.9 Å². The van der Waals surface area contributed by atoms with Gasteiger partial charge in [0.2, 0.25) is 0 Å². The van der Waals surface area contributed by atoms with Gasteiger partial charge in [-0.3, -0.25) is 9.78 Å². The van der Waals surface area contributed by atoms with Crippen molar-refractivity contribution >= 4 is 17.6 Å². The Balaban J connectivity index is 2.82. The van der Waals surface area contributed by atoms with Gasteiger partial charge in [0.15, 0.2) is 0 Å². The van der Waals surface area contributed by atoms with E-state index in [-0.39, 0.29) is 0 Å². The minimum absolute atomic E-state index is 0.318. The minimum atomic E-state index is -0.858. The summed E-state index contributed by atoms with van der Waals surface area (Å²) in [6.07, 6.45) is 1.84. The third kappa shape index (κ3) is 3.09. The third-order valence-corrected chi connectivity index (χ3v) is 2.38. The van der Waals surface area contributed by atoms with Crippen LogP contribution in [0.3, 0.4) is 0 Å². The van der Waals surface area contributed by atoms with Crippen molar-refractivity contribution in [1.82, 2.24) is 4.98 Å². The van der Waals surface area contributed by atoms with Crippen molar-refractivity contribution in [3.8, 4) is 5.75 Å². The highest BCUT2D eigenvalue weighted by Gasteiger charge is 2.14. The number of ether oxygens (including phenoxy) is 1. The van der Waals surface area contributed by atoms with Crippen molar-refractivity contribution < 1.29 is 14.6 Å². The fraction of sp³-hybridized carbons (Fsp3) is 0.400. The first-order valence-electron chi connectivity index (χ1n) is 4.45. The molecule has 0 saturated heterocycles. The molecular formula is C10H12ClNO3. The van der Waals surface area contributed by atoms with Crippen LogP contribution in [0.25, 0.3) is 0 Å². The number of halogens is 1. The molecule has 0 fully saturated rings. The number of carbonyl (C=O) groups is 1. The predicted octanol–water partition coefficient (Wildman–Crippen LogP) is 2.01. The molecule has 1 heterocycles. The van der Waals surface area contributed by atoms with E-state index in [2.05, 4.69) is 4.98 Å². The summed E-state index contributed by atoms with van der Waals surface area (Å²) in [4.78, 5) is 14.7. The van der Waals surface area contributed by atoms with Gasteiger partial charge in [0.25, 0.3) is 0 Å². The molecule has 4 nitrogen and oxygen atoms in total. The van der Waals surface area contributed by atoms with Crippen LogP contribution in [-0.4, -0.2) is 23.2 Å². The molecule has 1 atom stereocenters. The van der Waals surface area contributed by atoms with E-state index >= 15 is 0 Å². The highest BCUT2D eigenvalue weighted by atomic mass is 35.5. The molecule has 0 aliphatic carbocycles. The molecule has 1 aromatic rings. The van der Waals surface area contributed by atoms with Gasteiger partial charge in [0.1, 0.15) is 5.75 Å². The molecule has 82 valence electrons. The van der Waals surface area contributed by atoms with E-state index in [4.69, 9.17) is 21.4 Å². The second-order valence-electron chi connectivity index (χ2n) is 3.25. The number of aromatic nitrogens is 1. The molecule has 1 N–H and O–H groups in total. The molecule has 0 aliphatic rings. The number of aliphatic carboxylic acids is 1. The van der Waals surface area contributed by atoms with E-state index in [9.17, 15) is 4.79 Å². The summed E-state index contributed by atoms with van der Waals surface area (Å²) >= 11 is 5.92. The lowest BCUT2D eigenvalue weighted by Gasteiger charge is -2.08. The monoisotopic (exact) mass is 229 g/mol. The average molecular weight is 230 g/mol. The van der Waals surface area contributed by atoms with Crippen LogP contribution >= 0.6 is 11.6 Å². The van der Waals surface area contributed by atoms with Gasteiger partial charge in [-0.1, -0.05) is 18.5 Å². The van der Waals surface area contributed by atoms with Crippen molar-refractivity contribution in [2.45, 2.75) is 13.3 Å². The molecule has 0 amide bonds. The number of nitrogens with zero attached hydrogens (tertiary/aromatic N) is 1. The Morgan fingerprint density at radius 2 is 2.40 bits per heavy atom. The van der Waals surface area contributed by atoms with Gasteiger partial charge in [-0.2, -0.15) is 0 Å². The molecule has 5 heteroatoms. The van der Waals surface area contributed by atoms with Gasteiger partial charge in [0, 0.05) is 12.5 Å². The summed E-state index contributed by atoms with van der Waals surface area (Å²) in [5.74, 6) is -0.793. The van der Waals surface area contributed by atoms with Crippen LogP contribution < -0.4 is 4.74 Å². The van der Waals surface area contributed by atoms with E-state index in [0.717, 1.165) is 0 Å². The van der Waals surface area contributed by atoms with Crippen molar-refractivity contribution in [2.24, 2.45) is 5.92 Å². The van der Waals surface area contributed by atoms with Gasteiger partial charge in [-0.05, 0) is 0 Å². The zero-order valence-electron chi connectivity index (χ0n) is 8.53. The van der Waals surface area contributed by atoms with Crippen LogP contribution in [0.1, 0.15) is 12.6 Å². The molecule has 1 rings (SSSR count). The first kappa shape index (κ1) is 11.8. The molecule has 0 aromatic carbocycles. The number of pyridine rings is 1. The number of hydrogen-bond acceptors (Lipinski definition) is 3. The topological polar surface area (TPSA) is 59.4 Å². The predicted molar refractivity (Wildman–Crippen MR) is 56.3 cm³/mol. The molecule has 1 unspecified atom stereocenters. The van der Waals surface area contributed by atoms with Crippen LogP contribution in [0.4, 0.5) is 0 Å². The van der Waals surface area contributed by atoms with Crippen LogP contribution in [0.2, 0.25) is 5.02 Å². The zero-order chi connectivity index (χ0) is 11.4. The summed E-state index contributed by atoms with van der Waals surface area (Å²) in [6, 6.07) is 1.62. The quantitative estimate of drug-likeness (QED) is 0.858. The number of rotatable bonds is 4. The van der Waals surface area contributed by atoms with Crippen molar-refractivity contribution in [3.05, 3.63) is 23.0 Å². The summed E-state index contributed by atoms with van der Waals surface area (Å²) in [7, 11) is 1.52. The van der Waals surface area contributed by atoms with Gasteiger partial charge >= 0.3 is 5.97 Å². The van der Waals surface area contributed by atoms with E-state index < -0.39 is 11.9 Å². The average Bonchev–Trinajstić information content (AvgIpc) is 2.20. The Bertz CT molecular complexity index is 368. The van der Waals surface area contributed by atoms with E-state index in [1.807, 2.05) is 0 Å². The summed E-state index contributed by atoms with van der Waals surface area (Å²) in [5.41, 5.74) is 0.576. The minimum Gasteiger partial charge on any atom is -0.495 e. The second kappa shape index (κ2) is 4.98. The number of hydrogen-bond donors (Lipinski definition) is 1. The Labute approximate surface area is 92.8 Å². The Morgan fingerprint density at radius 1 is 1.73 bits per heavy atom. The van der Waals surface area contributed by atoms with E-state index in [1.165, 1.54) is 13.3 Å². The Morgan fingerprint density at radius 3 is 2.87 bits per heavy atom. The number of carboxylic acids is 1. The standard InChI is InChI=1S/C10H12ClNO3/c1-6(10(13)14)3-9-8(11)4-7(15-2)5-12-9/h4-6H,3H2,1-2H3,(H,13,14). The first-order valence-corrected chi connectivity index (χ1v) is 4.83. The number of methoxy groups -OCH3 is 1. The van der Waals surface area contributed by atoms with Crippen molar-refractivity contribution in [1.29, 1.82) is 0 Å². The maximum Gasteiger partial charge on any atom is 0.306 e. The van der Waals surface area contributed by atoms with Crippen molar-refractivity contribution in [3.63, 3.8) is 0 Å². The van der Waals surface area contributed by atoms with Crippen LogP contribution in [0, 0.1) is 5.92 Å². The van der Waals surface area contributed by atoms with Crippen molar-refractivity contribution in [2.75, 3.05) is 7.11 Å². The maximum atomic E-state index is 10.6. The molecule has 0 aliphatic heterocycles. The van der Waals surface area contributed by atoms with Gasteiger partial charge in [-0.15, -0.1) is 0 Å². The smallest absolute Gasteiger partial charge is 0.306 e. The van der Waals surface area contributed by atoms with Gasteiger partial charge in [0.05, 0.1) is 29.9 Å². The summed E-state index contributed by atoms with van der Waals surface area (Å²) in [6.45, 7) is 1.62. The molecule has 0 spiro atoms. The fourth-order valence-corrected chi connectivity index (χ4v) is 1.32. The Kier molecular flexibility index (Phi) is 3.91. The maximum absolute atomic E-state index is 10.6. The van der Waals surface area contributed by atoms with Gasteiger partial charge < -0.3 is 9.84 Å². The second-order valence-corrected chi connectivity index (χ2v) is 3.65. The SMILES string of the molecule is COc1cnc(CC(C)C(=O)O)c(Cl)c1. The summed E-state index contributed by atoms with van der Waals surface area (Å²) in [5, 5.41) is 9.17. The molecule has 0 radical (unpaired) electrons. The largest absolute Gasteiger partial charge is 0.495 e. The Hall–Kier alpha value is -1.29. The van der Waals surface area contributed by atoms with Crippen LogP contribution in [0.15, 0.2) is 12.3 Å². The highest BCUT2D eigenvalue weighted by molar-refractivity contribution is 6.31. The lowest BCUT2D eigenvalue weighted by Crippen LogP contribution is -2.13. The lowest BCUT2D eigenvalue weighted by atomic mass is 10.1. The number of carboxylic acid groups (broad SMARTS) is 1. The molecular weight excluding hydrogens is 218 g/mol. The molecule has 0 bridgehead atoms. The van der Waals surface area contributed by atoms with Crippen LogP contribution in [0.5, 0.6) is 5.75 Å². The lowest BCUT2D eigenvalue weighted by molar-refractivity contribution is -0.141. The molecule has 1 aromatic heterocycles. The molecule has 15 heavy (non-hydrogen) atoms. The normalized spacial score (nSPS) is 12.2. The highest BCUT2D eigenvalue weighted by Crippen LogP contribution is 2.22. The fourth-order valence-electron chi connectivity index (χ4n) is 1.09. The van der Waals surface area contributed by atoms with E-state index in [1.54, 1.807) is 13.0 Å². The first-order chi connectivity index (χ1) is 7.04.